The molecular weight excluding hydrogens is 260 g/mol. The molecule has 1 atom stereocenters. The largest absolute Gasteiger partial charge is 0.391 e. The van der Waals surface area contributed by atoms with Gasteiger partial charge in [-0.25, -0.2) is 13.1 Å². The fourth-order valence-electron chi connectivity index (χ4n) is 1.50. The van der Waals surface area contributed by atoms with Gasteiger partial charge in [-0.2, -0.15) is 0 Å². The van der Waals surface area contributed by atoms with E-state index in [1.165, 1.54) is 22.8 Å². The average Bonchev–Trinajstić information content (AvgIpc) is 2.63. The van der Waals surface area contributed by atoms with Gasteiger partial charge in [-0.3, -0.25) is 0 Å². The molecule has 1 aromatic rings. The SMILES string of the molecule is CC(CN(C)C)NS(=O)(=O)c1csc(CO)c1. The van der Waals surface area contributed by atoms with Crippen molar-refractivity contribution in [2.75, 3.05) is 20.6 Å². The molecule has 5 nitrogen and oxygen atoms in total. The third-order valence-corrected chi connectivity index (χ3v) is 4.73. The number of hydrogen-bond donors (Lipinski definition) is 2. The molecule has 1 aromatic heterocycles. The maximum absolute atomic E-state index is 11.9. The fourth-order valence-corrected chi connectivity index (χ4v) is 3.87. The molecule has 2 N–H and O–H groups in total. The van der Waals surface area contributed by atoms with Crippen LogP contribution in [-0.2, 0) is 16.6 Å². The Morgan fingerprint density at radius 1 is 1.53 bits per heavy atom. The van der Waals surface area contributed by atoms with Crippen molar-refractivity contribution in [3.8, 4) is 0 Å². The van der Waals surface area contributed by atoms with Crippen molar-refractivity contribution in [3.05, 3.63) is 16.3 Å². The topological polar surface area (TPSA) is 69.6 Å². The highest BCUT2D eigenvalue weighted by Gasteiger charge is 2.19. The molecule has 0 saturated carbocycles. The summed E-state index contributed by atoms with van der Waals surface area (Å²) in [6.07, 6.45) is 0. The van der Waals surface area contributed by atoms with Gasteiger partial charge in [0.15, 0.2) is 0 Å². The minimum absolute atomic E-state index is 0.132. The number of nitrogens with zero attached hydrogens (tertiary/aromatic N) is 1. The van der Waals surface area contributed by atoms with E-state index in [9.17, 15) is 8.42 Å². The lowest BCUT2D eigenvalue weighted by Gasteiger charge is -2.17. The second-order valence-electron chi connectivity index (χ2n) is 4.19. The summed E-state index contributed by atoms with van der Waals surface area (Å²) in [5, 5.41) is 10.4. The summed E-state index contributed by atoms with van der Waals surface area (Å²) < 4.78 is 26.5. The first-order valence-electron chi connectivity index (χ1n) is 5.20. The average molecular weight is 278 g/mol. The molecule has 0 aliphatic rings. The van der Waals surface area contributed by atoms with Crippen LogP contribution in [0.5, 0.6) is 0 Å². The summed E-state index contributed by atoms with van der Waals surface area (Å²) in [6, 6.07) is 1.34. The van der Waals surface area contributed by atoms with Crippen LogP contribution in [0, 0.1) is 0 Å². The van der Waals surface area contributed by atoms with E-state index in [-0.39, 0.29) is 17.5 Å². The summed E-state index contributed by atoms with van der Waals surface area (Å²) in [6.45, 7) is 2.32. The Balaban J connectivity index is 2.74. The summed E-state index contributed by atoms with van der Waals surface area (Å²) in [5.74, 6) is 0. The highest BCUT2D eigenvalue weighted by atomic mass is 32.2. The van der Waals surface area contributed by atoms with Crippen molar-refractivity contribution < 1.29 is 13.5 Å². The number of likely N-dealkylation sites (N-methyl/N-ethyl adjacent to an activating group) is 1. The number of nitrogens with one attached hydrogen (secondary N) is 1. The number of hydrogen-bond acceptors (Lipinski definition) is 5. The third-order valence-electron chi connectivity index (χ3n) is 2.09. The van der Waals surface area contributed by atoms with Gasteiger partial charge in [0.2, 0.25) is 10.0 Å². The van der Waals surface area contributed by atoms with Gasteiger partial charge in [0, 0.05) is 22.8 Å². The molecule has 0 fully saturated rings. The number of thiophene rings is 1. The van der Waals surface area contributed by atoms with Crippen molar-refractivity contribution in [3.63, 3.8) is 0 Å². The van der Waals surface area contributed by atoms with Crippen LogP contribution in [0.3, 0.4) is 0 Å². The minimum atomic E-state index is -3.47. The molecule has 1 unspecified atom stereocenters. The Hall–Kier alpha value is -0.470. The molecule has 17 heavy (non-hydrogen) atoms. The molecule has 1 heterocycles. The van der Waals surface area contributed by atoms with E-state index in [4.69, 9.17) is 5.11 Å². The summed E-state index contributed by atoms with van der Waals surface area (Å²) >= 11 is 1.24. The van der Waals surface area contributed by atoms with Crippen LogP contribution < -0.4 is 4.72 Å². The van der Waals surface area contributed by atoms with Gasteiger partial charge in [-0.15, -0.1) is 11.3 Å². The molecule has 0 saturated heterocycles. The Bertz CT molecular complexity index is 454. The van der Waals surface area contributed by atoms with Gasteiger partial charge in [-0.1, -0.05) is 0 Å². The Labute approximate surface area is 106 Å². The lowest BCUT2D eigenvalue weighted by molar-refractivity contribution is 0.285. The van der Waals surface area contributed by atoms with Crippen molar-refractivity contribution >= 4 is 21.4 Å². The van der Waals surface area contributed by atoms with Crippen LogP contribution in [0.2, 0.25) is 0 Å². The number of aliphatic hydroxyl groups excluding tert-OH is 1. The van der Waals surface area contributed by atoms with Crippen molar-refractivity contribution in [2.45, 2.75) is 24.5 Å². The highest BCUT2D eigenvalue weighted by molar-refractivity contribution is 7.89. The predicted molar refractivity (Wildman–Crippen MR) is 68.6 cm³/mol. The zero-order chi connectivity index (χ0) is 13.1. The van der Waals surface area contributed by atoms with Crippen LogP contribution in [0.15, 0.2) is 16.3 Å². The van der Waals surface area contributed by atoms with Crippen molar-refractivity contribution in [2.24, 2.45) is 0 Å². The number of sulfonamides is 1. The molecule has 0 radical (unpaired) electrons. The van der Waals surface area contributed by atoms with Gasteiger partial charge < -0.3 is 10.0 Å². The molecule has 0 aliphatic heterocycles. The van der Waals surface area contributed by atoms with E-state index in [2.05, 4.69) is 4.72 Å². The Morgan fingerprint density at radius 2 is 2.18 bits per heavy atom. The Morgan fingerprint density at radius 3 is 2.65 bits per heavy atom. The number of aliphatic hydroxyl groups is 1. The molecule has 0 amide bonds. The lowest BCUT2D eigenvalue weighted by atomic mass is 10.3. The standard InChI is InChI=1S/C10H18N2O3S2/c1-8(5-12(2)3)11-17(14,15)10-4-9(6-13)16-7-10/h4,7-8,11,13H,5-6H2,1-3H3. The smallest absolute Gasteiger partial charge is 0.241 e. The van der Waals surface area contributed by atoms with E-state index in [1.807, 2.05) is 25.9 Å². The highest BCUT2D eigenvalue weighted by Crippen LogP contribution is 2.19. The molecule has 7 heteroatoms. The Kier molecular flexibility index (Phi) is 5.08. The van der Waals surface area contributed by atoms with Crippen LogP contribution >= 0.6 is 11.3 Å². The molecule has 0 bridgehead atoms. The molecule has 1 rings (SSSR count). The van der Waals surface area contributed by atoms with E-state index >= 15 is 0 Å². The first-order valence-corrected chi connectivity index (χ1v) is 7.56. The monoisotopic (exact) mass is 278 g/mol. The molecular formula is C10H18N2O3S2. The fraction of sp³-hybridized carbons (Fsp3) is 0.600. The van der Waals surface area contributed by atoms with Crippen molar-refractivity contribution in [1.82, 2.24) is 9.62 Å². The predicted octanol–water partition coefficient (Wildman–Crippen LogP) is 0.469. The van der Waals surface area contributed by atoms with Crippen LogP contribution in [0.25, 0.3) is 0 Å². The first-order chi connectivity index (χ1) is 7.85. The third kappa shape index (κ3) is 4.36. The van der Waals surface area contributed by atoms with Crippen LogP contribution in [0.4, 0.5) is 0 Å². The van der Waals surface area contributed by atoms with Crippen molar-refractivity contribution in [1.29, 1.82) is 0 Å². The van der Waals surface area contributed by atoms with E-state index in [0.29, 0.717) is 11.4 Å². The summed E-state index contributed by atoms with van der Waals surface area (Å²) in [7, 11) is 0.305. The van der Waals surface area contributed by atoms with Crippen LogP contribution in [-0.4, -0.2) is 45.1 Å². The van der Waals surface area contributed by atoms with Gasteiger partial charge >= 0.3 is 0 Å². The number of rotatable bonds is 6. The zero-order valence-corrected chi connectivity index (χ0v) is 11.8. The maximum Gasteiger partial charge on any atom is 0.241 e. The second-order valence-corrected chi connectivity index (χ2v) is 6.90. The molecule has 0 aromatic carbocycles. The zero-order valence-electron chi connectivity index (χ0n) is 10.2. The second kappa shape index (κ2) is 5.92. The normalized spacial score (nSPS) is 14.2. The quantitative estimate of drug-likeness (QED) is 0.793. The molecule has 0 aliphatic carbocycles. The van der Waals surface area contributed by atoms with Gasteiger partial charge in [-0.05, 0) is 27.1 Å². The van der Waals surface area contributed by atoms with Gasteiger partial charge in [0.1, 0.15) is 0 Å². The van der Waals surface area contributed by atoms with E-state index < -0.39 is 10.0 Å². The maximum atomic E-state index is 11.9. The van der Waals surface area contributed by atoms with Gasteiger partial charge in [0.25, 0.3) is 0 Å². The lowest BCUT2D eigenvalue weighted by Crippen LogP contribution is -2.39. The van der Waals surface area contributed by atoms with E-state index in [0.717, 1.165) is 0 Å². The summed E-state index contributed by atoms with van der Waals surface area (Å²) in [4.78, 5) is 2.78. The van der Waals surface area contributed by atoms with Crippen LogP contribution in [0.1, 0.15) is 11.8 Å². The first kappa shape index (κ1) is 14.6. The molecule has 0 spiro atoms. The van der Waals surface area contributed by atoms with Gasteiger partial charge in [0.05, 0.1) is 11.5 Å². The summed E-state index contributed by atoms with van der Waals surface area (Å²) in [5.41, 5.74) is 0. The minimum Gasteiger partial charge on any atom is -0.391 e. The van der Waals surface area contributed by atoms with E-state index in [1.54, 1.807) is 0 Å². The molecule has 98 valence electrons.